The van der Waals surface area contributed by atoms with Crippen LogP contribution in [0.15, 0.2) is 25.3 Å². The number of allylic oxidation sites excluding steroid dienone is 2. The molecule has 9 heavy (non-hydrogen) atoms. The van der Waals surface area contributed by atoms with Gasteiger partial charge in [0.05, 0.1) is 12.1 Å². The molecule has 0 rings (SSSR count). The maximum absolute atomic E-state index is 7.51. The summed E-state index contributed by atoms with van der Waals surface area (Å²) in [4.78, 5) is 0. The Morgan fingerprint density at radius 3 is 1.11 bits per heavy atom. The number of nitrogens with zero attached hydrogens (tertiary/aromatic N) is 2. The first-order chi connectivity index (χ1) is 3.83. The zero-order chi connectivity index (χ0) is 6.83. The van der Waals surface area contributed by atoms with Gasteiger partial charge in [0.1, 0.15) is 0 Å². The average molecular weight is 165 g/mol. The third-order valence-corrected chi connectivity index (χ3v) is 0.183. The fraction of sp³-hybridized carbons (Fsp3) is 0. The Morgan fingerprint density at radius 1 is 1.00 bits per heavy atom. The van der Waals surface area contributed by atoms with E-state index in [1.165, 1.54) is 12.2 Å². The van der Waals surface area contributed by atoms with Gasteiger partial charge in [0.2, 0.25) is 0 Å². The molecule has 0 aliphatic heterocycles. The van der Waals surface area contributed by atoms with Crippen LogP contribution in [0.3, 0.4) is 0 Å². The fourth-order valence-corrected chi connectivity index (χ4v) is 0. The van der Waals surface area contributed by atoms with Crippen LogP contribution in [0.25, 0.3) is 0 Å². The van der Waals surface area contributed by atoms with Crippen molar-refractivity contribution in [1.82, 2.24) is 0 Å². The molecule has 0 heterocycles. The van der Waals surface area contributed by atoms with Crippen LogP contribution in [0.2, 0.25) is 0 Å². The minimum Gasteiger partial charge on any atom is -0.193 e. The standard InChI is InChI=1S/2C3H3N.Ni/c2*1-2-3-4;/h2*2H,1H2;. The van der Waals surface area contributed by atoms with E-state index in [0.29, 0.717) is 0 Å². The maximum atomic E-state index is 7.51. The van der Waals surface area contributed by atoms with E-state index >= 15 is 0 Å². The van der Waals surface area contributed by atoms with Crippen LogP contribution in [0, 0.1) is 22.7 Å². The van der Waals surface area contributed by atoms with Gasteiger partial charge in [0, 0.05) is 28.6 Å². The van der Waals surface area contributed by atoms with Crippen LogP contribution >= 0.6 is 0 Å². The predicted molar refractivity (Wildman–Crippen MR) is 31.6 cm³/mol. The van der Waals surface area contributed by atoms with Crippen molar-refractivity contribution in [3.63, 3.8) is 0 Å². The van der Waals surface area contributed by atoms with Crippen LogP contribution in [-0.2, 0) is 16.5 Å². The molecule has 0 amide bonds. The van der Waals surface area contributed by atoms with Crippen molar-refractivity contribution in [3.05, 3.63) is 25.3 Å². The Hall–Kier alpha value is -1.05. The van der Waals surface area contributed by atoms with Crippen molar-refractivity contribution in [3.8, 4) is 12.1 Å². The molecule has 0 radical (unpaired) electrons. The average Bonchev–Trinajstić information content (AvgIpc) is 1.88. The molecule has 0 fully saturated rings. The van der Waals surface area contributed by atoms with Crippen LogP contribution in [-0.4, -0.2) is 0 Å². The third-order valence-electron chi connectivity index (χ3n) is 0.183. The topological polar surface area (TPSA) is 47.6 Å². The van der Waals surface area contributed by atoms with Gasteiger partial charge < -0.3 is 0 Å². The number of hydrogen-bond donors (Lipinski definition) is 0. The monoisotopic (exact) mass is 164 g/mol. The van der Waals surface area contributed by atoms with E-state index in [1.54, 1.807) is 12.1 Å². The molecule has 0 saturated carbocycles. The summed E-state index contributed by atoms with van der Waals surface area (Å²) in [5.74, 6) is 0. The minimum atomic E-state index is 0. The van der Waals surface area contributed by atoms with Gasteiger partial charge in [0.25, 0.3) is 0 Å². The largest absolute Gasteiger partial charge is 0.193 e. The summed E-state index contributed by atoms with van der Waals surface area (Å²) in [5.41, 5.74) is 0. The van der Waals surface area contributed by atoms with Crippen molar-refractivity contribution in [1.29, 1.82) is 10.5 Å². The second kappa shape index (κ2) is 28.3. The summed E-state index contributed by atoms with van der Waals surface area (Å²) < 4.78 is 0. The summed E-state index contributed by atoms with van der Waals surface area (Å²) in [5, 5.41) is 15.0. The van der Waals surface area contributed by atoms with Crippen molar-refractivity contribution < 1.29 is 16.5 Å². The molecular formula is C6H6N2Ni. The zero-order valence-corrected chi connectivity index (χ0v) is 5.77. The molecule has 0 aromatic rings. The SMILES string of the molecule is C=CC#N.C=CC#N.[Ni]. The summed E-state index contributed by atoms with van der Waals surface area (Å²) in [6, 6.07) is 3.39. The minimum absolute atomic E-state index is 0. The van der Waals surface area contributed by atoms with E-state index in [-0.39, 0.29) is 16.5 Å². The Labute approximate surface area is 65.0 Å². The summed E-state index contributed by atoms with van der Waals surface area (Å²) in [6.07, 6.45) is 2.36. The zero-order valence-electron chi connectivity index (χ0n) is 4.78. The molecule has 2 nitrogen and oxygen atoms in total. The second-order valence-electron chi connectivity index (χ2n) is 0.666. The first-order valence-corrected chi connectivity index (χ1v) is 1.84. The van der Waals surface area contributed by atoms with Crippen molar-refractivity contribution in [2.75, 3.05) is 0 Å². The predicted octanol–water partition coefficient (Wildman–Crippen LogP) is 1.39. The Balaban J connectivity index is -0.0000000720. The summed E-state index contributed by atoms with van der Waals surface area (Å²) in [7, 11) is 0. The van der Waals surface area contributed by atoms with Crippen molar-refractivity contribution in [2.45, 2.75) is 0 Å². The maximum Gasteiger partial charge on any atom is 0.0905 e. The van der Waals surface area contributed by atoms with E-state index in [2.05, 4.69) is 13.2 Å². The molecular weight excluding hydrogens is 159 g/mol. The molecule has 0 N–H and O–H groups in total. The second-order valence-corrected chi connectivity index (χ2v) is 0.666. The van der Waals surface area contributed by atoms with Gasteiger partial charge in [-0.1, -0.05) is 13.2 Å². The van der Waals surface area contributed by atoms with Crippen LogP contribution in [0.5, 0.6) is 0 Å². The smallest absolute Gasteiger partial charge is 0.0905 e. The van der Waals surface area contributed by atoms with Crippen LogP contribution in [0.4, 0.5) is 0 Å². The normalized spacial score (nSPS) is 3.33. The first kappa shape index (κ1) is 15.7. The Morgan fingerprint density at radius 2 is 1.11 bits per heavy atom. The number of hydrogen-bond acceptors (Lipinski definition) is 2. The quantitative estimate of drug-likeness (QED) is 0.402. The number of nitriles is 2. The van der Waals surface area contributed by atoms with E-state index in [9.17, 15) is 0 Å². The first-order valence-electron chi connectivity index (χ1n) is 1.84. The van der Waals surface area contributed by atoms with Gasteiger partial charge in [-0.25, -0.2) is 0 Å². The number of rotatable bonds is 0. The summed E-state index contributed by atoms with van der Waals surface area (Å²) in [6.45, 7) is 6.24. The van der Waals surface area contributed by atoms with E-state index in [1.807, 2.05) is 0 Å². The van der Waals surface area contributed by atoms with E-state index in [4.69, 9.17) is 10.5 Å². The van der Waals surface area contributed by atoms with Crippen molar-refractivity contribution >= 4 is 0 Å². The van der Waals surface area contributed by atoms with Gasteiger partial charge in [-0.05, 0) is 0 Å². The van der Waals surface area contributed by atoms with Gasteiger partial charge in [-0.15, -0.1) is 0 Å². The molecule has 0 aromatic carbocycles. The molecule has 3 heteroatoms. The molecule has 0 saturated heterocycles. The molecule has 0 aliphatic rings. The molecule has 0 aliphatic carbocycles. The molecule has 0 spiro atoms. The van der Waals surface area contributed by atoms with E-state index in [0.717, 1.165) is 0 Å². The third kappa shape index (κ3) is 188. The van der Waals surface area contributed by atoms with Gasteiger partial charge >= 0.3 is 0 Å². The molecule has 50 valence electrons. The van der Waals surface area contributed by atoms with Gasteiger partial charge in [-0.3, -0.25) is 0 Å². The van der Waals surface area contributed by atoms with Crippen molar-refractivity contribution in [2.24, 2.45) is 0 Å². The molecule has 0 aromatic heterocycles. The Kier molecular flexibility index (Phi) is 49.2. The molecule has 0 bridgehead atoms. The summed E-state index contributed by atoms with van der Waals surface area (Å²) >= 11 is 0. The Bertz CT molecular complexity index is 120. The van der Waals surface area contributed by atoms with Crippen LogP contribution < -0.4 is 0 Å². The van der Waals surface area contributed by atoms with Crippen LogP contribution in [0.1, 0.15) is 0 Å². The molecule has 0 atom stereocenters. The van der Waals surface area contributed by atoms with Gasteiger partial charge in [0.15, 0.2) is 0 Å². The van der Waals surface area contributed by atoms with Gasteiger partial charge in [-0.2, -0.15) is 10.5 Å². The van der Waals surface area contributed by atoms with E-state index < -0.39 is 0 Å². The molecule has 0 unspecified atom stereocenters. The fourth-order valence-electron chi connectivity index (χ4n) is 0.